The summed E-state index contributed by atoms with van der Waals surface area (Å²) in [7, 11) is 3.01. The highest BCUT2D eigenvalue weighted by atomic mass is 16.7. The number of hydrogen-bond acceptors (Lipinski definition) is 5. The first-order valence-electron chi connectivity index (χ1n) is 5.10. The van der Waals surface area contributed by atoms with Crippen molar-refractivity contribution < 1.29 is 24.1 Å². The second kappa shape index (κ2) is 4.45. The van der Waals surface area contributed by atoms with Gasteiger partial charge in [-0.25, -0.2) is 0 Å². The zero-order valence-corrected chi connectivity index (χ0v) is 9.78. The van der Waals surface area contributed by atoms with E-state index in [1.807, 2.05) is 0 Å². The third kappa shape index (κ3) is 1.63. The summed E-state index contributed by atoms with van der Waals surface area (Å²) in [6, 6.07) is 0. The van der Waals surface area contributed by atoms with Gasteiger partial charge in [-0.2, -0.15) is 0 Å². The van der Waals surface area contributed by atoms with E-state index in [-0.39, 0.29) is 12.5 Å². The van der Waals surface area contributed by atoms with Crippen LogP contribution < -0.4 is 18.9 Å². The van der Waals surface area contributed by atoms with E-state index in [0.717, 1.165) is 0 Å². The summed E-state index contributed by atoms with van der Waals surface area (Å²) in [4.78, 5) is 0. The van der Waals surface area contributed by atoms with Crippen LogP contribution in [0.5, 0.6) is 28.7 Å². The van der Waals surface area contributed by atoms with E-state index in [2.05, 4.69) is 6.58 Å². The Balaban J connectivity index is 2.70. The first-order chi connectivity index (χ1) is 8.24. The van der Waals surface area contributed by atoms with Crippen molar-refractivity contribution >= 4 is 0 Å². The lowest BCUT2D eigenvalue weighted by Crippen LogP contribution is -1.97. The summed E-state index contributed by atoms with van der Waals surface area (Å²) in [5.74, 6) is 1.54. The molecule has 0 aromatic heterocycles. The molecule has 0 radical (unpaired) electrons. The molecular formula is C12H14O5. The first-order valence-corrected chi connectivity index (χ1v) is 5.10. The number of phenols is 1. The fraction of sp³-hybridized carbons (Fsp3) is 0.333. The van der Waals surface area contributed by atoms with Crippen LogP contribution >= 0.6 is 0 Å². The number of methoxy groups -OCH3 is 2. The van der Waals surface area contributed by atoms with Crippen molar-refractivity contribution in [1.29, 1.82) is 0 Å². The van der Waals surface area contributed by atoms with Crippen LogP contribution in [0.3, 0.4) is 0 Å². The largest absolute Gasteiger partial charge is 0.504 e. The molecule has 5 heteroatoms. The molecule has 1 aliphatic heterocycles. The second-order valence-electron chi connectivity index (χ2n) is 3.45. The molecule has 1 aliphatic rings. The molecule has 0 amide bonds. The monoisotopic (exact) mass is 238 g/mol. The molecule has 17 heavy (non-hydrogen) atoms. The molecule has 1 aromatic rings. The Kier molecular flexibility index (Phi) is 2.99. The summed E-state index contributed by atoms with van der Waals surface area (Å²) in [5, 5.41) is 10.1. The Bertz CT molecular complexity index is 453. The minimum absolute atomic E-state index is 0.00931. The average molecular weight is 238 g/mol. The Morgan fingerprint density at radius 3 is 2.47 bits per heavy atom. The maximum Gasteiger partial charge on any atom is 0.231 e. The van der Waals surface area contributed by atoms with Crippen molar-refractivity contribution in [3.8, 4) is 28.7 Å². The van der Waals surface area contributed by atoms with E-state index in [4.69, 9.17) is 18.9 Å². The second-order valence-corrected chi connectivity index (χ2v) is 3.45. The van der Waals surface area contributed by atoms with Crippen molar-refractivity contribution in [2.75, 3.05) is 21.0 Å². The van der Waals surface area contributed by atoms with Crippen LogP contribution in [-0.4, -0.2) is 26.1 Å². The fourth-order valence-corrected chi connectivity index (χ4v) is 1.84. The molecule has 2 rings (SSSR count). The zero-order valence-electron chi connectivity index (χ0n) is 9.78. The van der Waals surface area contributed by atoms with E-state index in [1.54, 1.807) is 6.08 Å². The van der Waals surface area contributed by atoms with Crippen molar-refractivity contribution in [2.45, 2.75) is 6.42 Å². The highest BCUT2D eigenvalue weighted by Crippen LogP contribution is 2.55. The maximum atomic E-state index is 10.1. The van der Waals surface area contributed by atoms with Crippen LogP contribution in [0.15, 0.2) is 12.7 Å². The van der Waals surface area contributed by atoms with Gasteiger partial charge < -0.3 is 24.1 Å². The van der Waals surface area contributed by atoms with Gasteiger partial charge in [-0.15, -0.1) is 6.58 Å². The molecule has 0 saturated heterocycles. The van der Waals surface area contributed by atoms with Crippen LogP contribution in [-0.2, 0) is 6.42 Å². The predicted octanol–water partition coefficient (Wildman–Crippen LogP) is 1.87. The van der Waals surface area contributed by atoms with Crippen LogP contribution in [0.25, 0.3) is 0 Å². The standard InChI is InChI=1S/C12H14O5/c1-4-5-7-8(13)10-12(17-6-16-10)11(15-3)9(7)14-2/h4,13H,1,5-6H2,2-3H3. The molecule has 0 atom stereocenters. The van der Waals surface area contributed by atoms with Crippen LogP contribution in [0.4, 0.5) is 0 Å². The van der Waals surface area contributed by atoms with Gasteiger partial charge in [-0.1, -0.05) is 6.08 Å². The van der Waals surface area contributed by atoms with E-state index in [9.17, 15) is 5.11 Å². The predicted molar refractivity (Wildman–Crippen MR) is 61.2 cm³/mol. The average Bonchev–Trinajstić information content (AvgIpc) is 2.81. The molecule has 1 aromatic carbocycles. The molecule has 0 unspecified atom stereocenters. The molecule has 0 fully saturated rings. The minimum atomic E-state index is 0.00931. The van der Waals surface area contributed by atoms with Crippen LogP contribution in [0, 0.1) is 0 Å². The summed E-state index contributed by atoms with van der Waals surface area (Å²) in [5.41, 5.74) is 0.573. The molecule has 0 aliphatic carbocycles. The van der Waals surface area contributed by atoms with Crippen LogP contribution in [0.2, 0.25) is 0 Å². The van der Waals surface area contributed by atoms with Gasteiger partial charge in [0, 0.05) is 5.56 Å². The van der Waals surface area contributed by atoms with Gasteiger partial charge in [0.1, 0.15) is 0 Å². The molecule has 5 nitrogen and oxygen atoms in total. The number of ether oxygens (including phenoxy) is 4. The van der Waals surface area contributed by atoms with Crippen molar-refractivity contribution in [3.05, 3.63) is 18.2 Å². The molecule has 0 bridgehead atoms. The SMILES string of the molecule is C=CCc1c(O)c2c(c(OC)c1OC)OCO2. The lowest BCUT2D eigenvalue weighted by atomic mass is 10.1. The van der Waals surface area contributed by atoms with E-state index < -0.39 is 0 Å². The smallest absolute Gasteiger partial charge is 0.231 e. The third-order valence-corrected chi connectivity index (χ3v) is 2.56. The van der Waals surface area contributed by atoms with Gasteiger partial charge in [-0.3, -0.25) is 0 Å². The third-order valence-electron chi connectivity index (χ3n) is 2.56. The van der Waals surface area contributed by atoms with Gasteiger partial charge in [-0.05, 0) is 6.42 Å². The molecule has 0 spiro atoms. The quantitative estimate of drug-likeness (QED) is 0.811. The molecule has 0 saturated carbocycles. The molecule has 1 heterocycles. The zero-order chi connectivity index (χ0) is 12.4. The first kappa shape index (κ1) is 11.4. The summed E-state index contributed by atoms with van der Waals surface area (Å²) >= 11 is 0. The summed E-state index contributed by atoms with van der Waals surface area (Å²) in [6.07, 6.45) is 2.11. The number of hydrogen-bond donors (Lipinski definition) is 1. The van der Waals surface area contributed by atoms with E-state index in [1.165, 1.54) is 14.2 Å². The van der Waals surface area contributed by atoms with Gasteiger partial charge in [0.05, 0.1) is 14.2 Å². The maximum absolute atomic E-state index is 10.1. The topological polar surface area (TPSA) is 57.2 Å². The summed E-state index contributed by atoms with van der Waals surface area (Å²) < 4.78 is 21.0. The highest BCUT2D eigenvalue weighted by molar-refractivity contribution is 5.70. The highest BCUT2D eigenvalue weighted by Gasteiger charge is 2.30. The Morgan fingerprint density at radius 1 is 1.24 bits per heavy atom. The van der Waals surface area contributed by atoms with Crippen molar-refractivity contribution in [3.63, 3.8) is 0 Å². The van der Waals surface area contributed by atoms with Gasteiger partial charge in [0.15, 0.2) is 11.5 Å². The summed E-state index contributed by atoms with van der Waals surface area (Å²) in [6.45, 7) is 3.70. The number of phenolic OH excluding ortho intramolecular Hbond substituents is 1. The fourth-order valence-electron chi connectivity index (χ4n) is 1.84. The van der Waals surface area contributed by atoms with Gasteiger partial charge in [0.25, 0.3) is 0 Å². The van der Waals surface area contributed by atoms with Gasteiger partial charge >= 0.3 is 0 Å². The van der Waals surface area contributed by atoms with E-state index in [0.29, 0.717) is 35.0 Å². The number of rotatable bonds is 4. The Morgan fingerprint density at radius 2 is 1.88 bits per heavy atom. The van der Waals surface area contributed by atoms with Gasteiger partial charge in [0.2, 0.25) is 24.0 Å². The number of aromatic hydroxyl groups is 1. The van der Waals surface area contributed by atoms with Crippen molar-refractivity contribution in [2.24, 2.45) is 0 Å². The lowest BCUT2D eigenvalue weighted by Gasteiger charge is -2.15. The molecular weight excluding hydrogens is 224 g/mol. The van der Waals surface area contributed by atoms with E-state index >= 15 is 0 Å². The molecule has 92 valence electrons. The number of benzene rings is 1. The van der Waals surface area contributed by atoms with Crippen molar-refractivity contribution in [1.82, 2.24) is 0 Å². The Labute approximate surface area is 99.2 Å². The van der Waals surface area contributed by atoms with Crippen LogP contribution in [0.1, 0.15) is 5.56 Å². The Hall–Kier alpha value is -2.04. The number of allylic oxidation sites excluding steroid dienone is 1. The molecule has 1 N–H and O–H groups in total. The lowest BCUT2D eigenvalue weighted by molar-refractivity contribution is 0.168. The normalized spacial score (nSPS) is 12.4. The minimum Gasteiger partial charge on any atom is -0.504 e. The number of fused-ring (bicyclic) bond motifs is 1.